The molecule has 0 aliphatic heterocycles. The van der Waals surface area contributed by atoms with Crippen molar-refractivity contribution in [2.45, 2.75) is 26.3 Å². The topological polar surface area (TPSA) is 75.6 Å². The zero-order chi connectivity index (χ0) is 22.3. The number of nitrogens with one attached hydrogen (secondary N) is 1. The summed E-state index contributed by atoms with van der Waals surface area (Å²) < 4.78 is 40.6. The zero-order valence-electron chi connectivity index (χ0n) is 16.1. The Morgan fingerprint density at radius 2 is 1.83 bits per heavy atom. The summed E-state index contributed by atoms with van der Waals surface area (Å²) in [6, 6.07) is 5.69. The molecule has 0 spiro atoms. The minimum absolute atomic E-state index is 0.288. The number of thiophene rings is 1. The molecular weight excluding hydrogens is 419 g/mol. The van der Waals surface area contributed by atoms with Gasteiger partial charge in [-0.3, -0.25) is 4.79 Å². The largest absolute Gasteiger partial charge is 0.573 e. The fourth-order valence-electron chi connectivity index (χ4n) is 2.55. The highest BCUT2D eigenvalue weighted by atomic mass is 32.1. The number of benzene rings is 1. The van der Waals surface area contributed by atoms with Crippen LogP contribution in [0.2, 0.25) is 0 Å². The van der Waals surface area contributed by atoms with Gasteiger partial charge < -0.3 is 15.2 Å². The lowest BCUT2D eigenvalue weighted by atomic mass is 10.0. The number of carboxylic acid groups (broad SMARTS) is 1. The SMILES string of the molecule is C/C=C\C=C/C(C)[C@H](NC(=O)c1cc(-c2ccc(OC(F)(F)F)cc2)cs1)C(=O)O. The maximum atomic E-state index is 12.5. The van der Waals surface area contributed by atoms with E-state index in [1.165, 1.54) is 24.3 Å². The van der Waals surface area contributed by atoms with Crippen LogP contribution in [0.5, 0.6) is 5.75 Å². The molecule has 5 nitrogen and oxygen atoms in total. The van der Waals surface area contributed by atoms with Gasteiger partial charge in [0.1, 0.15) is 11.8 Å². The third-order valence-corrected chi connectivity index (χ3v) is 4.97. The van der Waals surface area contributed by atoms with Crippen molar-refractivity contribution in [3.63, 3.8) is 0 Å². The molecule has 1 amide bonds. The van der Waals surface area contributed by atoms with E-state index in [0.29, 0.717) is 11.1 Å². The highest BCUT2D eigenvalue weighted by Crippen LogP contribution is 2.29. The van der Waals surface area contributed by atoms with E-state index < -0.39 is 30.2 Å². The molecule has 1 aromatic heterocycles. The summed E-state index contributed by atoms with van der Waals surface area (Å²) in [7, 11) is 0. The van der Waals surface area contributed by atoms with E-state index >= 15 is 0 Å². The van der Waals surface area contributed by atoms with Gasteiger partial charge in [-0.1, -0.05) is 43.4 Å². The number of amides is 1. The van der Waals surface area contributed by atoms with Crippen LogP contribution in [0.25, 0.3) is 11.1 Å². The van der Waals surface area contributed by atoms with Gasteiger partial charge in [0.25, 0.3) is 5.91 Å². The van der Waals surface area contributed by atoms with Crippen LogP contribution in [-0.2, 0) is 4.79 Å². The van der Waals surface area contributed by atoms with Gasteiger partial charge >= 0.3 is 12.3 Å². The van der Waals surface area contributed by atoms with Crippen LogP contribution in [0, 0.1) is 5.92 Å². The molecule has 2 atom stereocenters. The second-order valence-electron chi connectivity index (χ2n) is 6.33. The lowest BCUT2D eigenvalue weighted by molar-refractivity contribution is -0.274. The summed E-state index contributed by atoms with van der Waals surface area (Å²) in [6.07, 6.45) is 2.18. The highest BCUT2D eigenvalue weighted by Gasteiger charge is 2.31. The number of ether oxygens (including phenoxy) is 1. The molecule has 160 valence electrons. The summed E-state index contributed by atoms with van der Waals surface area (Å²) in [6.45, 7) is 3.51. The predicted octanol–water partition coefficient (Wildman–Crippen LogP) is 5.27. The zero-order valence-corrected chi connectivity index (χ0v) is 17.0. The summed E-state index contributed by atoms with van der Waals surface area (Å²) in [5.74, 6) is -2.48. The minimum Gasteiger partial charge on any atom is -0.480 e. The van der Waals surface area contributed by atoms with E-state index in [-0.39, 0.29) is 10.6 Å². The molecule has 0 saturated carbocycles. The number of aliphatic carboxylic acids is 1. The Bertz CT molecular complexity index is 932. The molecule has 0 fully saturated rings. The van der Waals surface area contributed by atoms with Crippen LogP contribution >= 0.6 is 11.3 Å². The summed E-state index contributed by atoms with van der Waals surface area (Å²) in [5, 5.41) is 13.6. The normalized spacial score (nSPS) is 14.0. The molecule has 1 unspecified atom stereocenters. The molecule has 2 aromatic rings. The first kappa shape index (κ1) is 23.2. The first-order chi connectivity index (χ1) is 14.1. The van der Waals surface area contributed by atoms with Crippen molar-refractivity contribution in [1.29, 1.82) is 0 Å². The fourth-order valence-corrected chi connectivity index (χ4v) is 3.37. The minimum atomic E-state index is -4.77. The molecule has 2 N–H and O–H groups in total. The van der Waals surface area contributed by atoms with Gasteiger partial charge in [0, 0.05) is 5.92 Å². The molecule has 2 rings (SSSR count). The standard InChI is InChI=1S/C21H20F3NO4S/c1-3-4-5-6-13(2)18(20(27)28)25-19(26)17-11-15(12-30-17)14-7-9-16(10-8-14)29-21(22,23)24/h3-13,18H,1-2H3,(H,25,26)(H,27,28)/b4-3-,6-5-/t13?,18-/m0/s1. The third kappa shape index (κ3) is 6.77. The van der Waals surface area contributed by atoms with E-state index in [1.807, 2.05) is 6.92 Å². The van der Waals surface area contributed by atoms with Crippen molar-refractivity contribution >= 4 is 23.2 Å². The molecule has 0 bridgehead atoms. The average Bonchev–Trinajstić information content (AvgIpc) is 3.15. The van der Waals surface area contributed by atoms with Crippen LogP contribution < -0.4 is 10.1 Å². The molecule has 0 radical (unpaired) electrons. The lowest BCUT2D eigenvalue weighted by Gasteiger charge is -2.18. The molecule has 0 aliphatic rings. The van der Waals surface area contributed by atoms with Crippen molar-refractivity contribution in [3.05, 3.63) is 64.9 Å². The second-order valence-corrected chi connectivity index (χ2v) is 7.24. The number of allylic oxidation sites excluding steroid dienone is 3. The lowest BCUT2D eigenvalue weighted by Crippen LogP contribution is -2.44. The van der Waals surface area contributed by atoms with Crippen molar-refractivity contribution in [3.8, 4) is 16.9 Å². The Hall–Kier alpha value is -3.07. The number of halogens is 3. The number of alkyl halides is 3. The van der Waals surface area contributed by atoms with Crippen molar-refractivity contribution < 1.29 is 32.6 Å². The number of hydrogen-bond donors (Lipinski definition) is 2. The third-order valence-electron chi connectivity index (χ3n) is 4.04. The van der Waals surface area contributed by atoms with E-state index in [4.69, 9.17) is 0 Å². The smallest absolute Gasteiger partial charge is 0.480 e. The predicted molar refractivity (Wildman–Crippen MR) is 108 cm³/mol. The molecule has 0 saturated heterocycles. The quantitative estimate of drug-likeness (QED) is 0.550. The summed E-state index contributed by atoms with van der Waals surface area (Å²) >= 11 is 1.11. The van der Waals surface area contributed by atoms with E-state index in [2.05, 4.69) is 10.1 Å². The summed E-state index contributed by atoms with van der Waals surface area (Å²) in [5.41, 5.74) is 1.22. The molecule has 1 heterocycles. The van der Waals surface area contributed by atoms with Crippen LogP contribution in [0.1, 0.15) is 23.5 Å². The average molecular weight is 439 g/mol. The molecule has 0 aliphatic carbocycles. The Morgan fingerprint density at radius 3 is 2.40 bits per heavy atom. The number of hydrogen-bond acceptors (Lipinski definition) is 4. The number of carboxylic acids is 1. The van der Waals surface area contributed by atoms with E-state index in [1.54, 1.807) is 42.7 Å². The molecule has 9 heteroatoms. The van der Waals surface area contributed by atoms with Crippen LogP contribution in [0.15, 0.2) is 60.0 Å². The second kappa shape index (κ2) is 10.1. The Labute approximate surface area is 175 Å². The van der Waals surface area contributed by atoms with Gasteiger partial charge in [-0.25, -0.2) is 4.79 Å². The maximum absolute atomic E-state index is 12.5. The number of carbonyl (C=O) groups excluding carboxylic acids is 1. The highest BCUT2D eigenvalue weighted by molar-refractivity contribution is 7.12. The van der Waals surface area contributed by atoms with Gasteiger partial charge in [0.15, 0.2) is 0 Å². The van der Waals surface area contributed by atoms with E-state index in [0.717, 1.165) is 11.3 Å². The first-order valence-electron chi connectivity index (χ1n) is 8.88. The maximum Gasteiger partial charge on any atom is 0.573 e. The van der Waals surface area contributed by atoms with Crippen molar-refractivity contribution in [2.75, 3.05) is 0 Å². The monoisotopic (exact) mass is 439 g/mol. The molecule has 30 heavy (non-hydrogen) atoms. The molecular formula is C21H20F3NO4S. The Kier molecular flexibility index (Phi) is 7.82. The Morgan fingerprint density at radius 1 is 1.17 bits per heavy atom. The van der Waals surface area contributed by atoms with Gasteiger partial charge in [-0.15, -0.1) is 24.5 Å². The van der Waals surface area contributed by atoms with Gasteiger partial charge in [-0.05, 0) is 41.6 Å². The molecule has 1 aromatic carbocycles. The van der Waals surface area contributed by atoms with Crippen LogP contribution in [0.4, 0.5) is 13.2 Å². The van der Waals surface area contributed by atoms with Crippen molar-refractivity contribution in [2.24, 2.45) is 5.92 Å². The van der Waals surface area contributed by atoms with Crippen molar-refractivity contribution in [1.82, 2.24) is 5.32 Å². The Balaban J connectivity index is 2.10. The van der Waals surface area contributed by atoms with Gasteiger partial charge in [-0.2, -0.15) is 0 Å². The summed E-state index contributed by atoms with van der Waals surface area (Å²) in [4.78, 5) is 24.3. The number of carbonyl (C=O) groups is 2. The fraction of sp³-hybridized carbons (Fsp3) is 0.238. The first-order valence-corrected chi connectivity index (χ1v) is 9.76. The van der Waals surface area contributed by atoms with Gasteiger partial charge in [0.05, 0.1) is 4.88 Å². The van der Waals surface area contributed by atoms with Crippen LogP contribution in [0.3, 0.4) is 0 Å². The van der Waals surface area contributed by atoms with Crippen LogP contribution in [-0.4, -0.2) is 29.4 Å². The van der Waals surface area contributed by atoms with Gasteiger partial charge in [0.2, 0.25) is 0 Å². The number of rotatable bonds is 8. The van der Waals surface area contributed by atoms with E-state index in [9.17, 15) is 27.9 Å².